The highest BCUT2D eigenvalue weighted by Crippen LogP contribution is 2.26. The number of fused-ring (bicyclic) bond motifs is 4. The summed E-state index contributed by atoms with van der Waals surface area (Å²) in [6, 6.07) is 17.5. The fraction of sp³-hybridized carbons (Fsp3) is 0.348. The molecule has 4 rings (SSSR count). The molecule has 2 heterocycles. The first-order valence-electron chi connectivity index (χ1n) is 10.1. The first-order valence-corrected chi connectivity index (χ1v) is 10.1. The number of aryl methyl sites for hydroxylation is 1. The molecule has 0 aliphatic rings. The zero-order valence-electron chi connectivity index (χ0n) is 16.7. The van der Waals surface area contributed by atoms with Gasteiger partial charge >= 0.3 is 0 Å². The summed E-state index contributed by atoms with van der Waals surface area (Å²) in [5.74, 6) is 0. The fourth-order valence-electron chi connectivity index (χ4n) is 4.00. The van der Waals surface area contributed by atoms with Crippen LogP contribution < -0.4 is 16.4 Å². The van der Waals surface area contributed by atoms with E-state index in [0.717, 1.165) is 48.9 Å². The molecule has 0 aliphatic carbocycles. The number of nitrogens with one attached hydrogen (secondary N) is 2. The first kappa shape index (κ1) is 18.7. The van der Waals surface area contributed by atoms with Crippen LogP contribution in [0, 0.1) is 0 Å². The van der Waals surface area contributed by atoms with Crippen LogP contribution in [0.5, 0.6) is 0 Å². The summed E-state index contributed by atoms with van der Waals surface area (Å²) in [7, 11) is 2.14. The Labute approximate surface area is 165 Å². The lowest BCUT2D eigenvalue weighted by Crippen LogP contribution is -2.29. The Bertz CT molecular complexity index is 1170. The maximum absolute atomic E-state index is 5.62. The van der Waals surface area contributed by atoms with Gasteiger partial charge in [0.05, 0.1) is 21.9 Å². The van der Waals surface area contributed by atoms with Gasteiger partial charge in [-0.1, -0.05) is 36.4 Å². The van der Waals surface area contributed by atoms with Crippen LogP contribution in [0.1, 0.15) is 19.8 Å². The molecule has 2 aromatic carbocycles. The molecule has 1 unspecified atom stereocenters. The van der Waals surface area contributed by atoms with Gasteiger partial charge in [0.15, 0.2) is 0 Å². The van der Waals surface area contributed by atoms with E-state index in [4.69, 9.17) is 10.7 Å². The van der Waals surface area contributed by atoms with Gasteiger partial charge in [-0.05, 0) is 45.0 Å². The number of aromatic nitrogens is 2. The van der Waals surface area contributed by atoms with Crippen molar-refractivity contribution in [2.45, 2.75) is 25.8 Å². The van der Waals surface area contributed by atoms with Crippen molar-refractivity contribution in [2.75, 3.05) is 19.6 Å². The smallest absolute Gasteiger partial charge is 0.0924 e. The Morgan fingerprint density at radius 2 is 1.86 bits per heavy atom. The van der Waals surface area contributed by atoms with E-state index in [2.05, 4.69) is 77.4 Å². The number of nitrogens with two attached hydrogens (primary N) is 1. The summed E-state index contributed by atoms with van der Waals surface area (Å²) >= 11 is 0. The van der Waals surface area contributed by atoms with Gasteiger partial charge in [-0.25, -0.2) is 0 Å². The van der Waals surface area contributed by atoms with Gasteiger partial charge in [0, 0.05) is 35.9 Å². The highest BCUT2D eigenvalue weighted by atomic mass is 15.0. The van der Waals surface area contributed by atoms with Crippen LogP contribution >= 0.6 is 0 Å². The second kappa shape index (κ2) is 8.17. The van der Waals surface area contributed by atoms with E-state index >= 15 is 0 Å². The van der Waals surface area contributed by atoms with Crippen molar-refractivity contribution >= 4 is 32.8 Å². The van der Waals surface area contributed by atoms with E-state index in [1.165, 1.54) is 21.8 Å². The summed E-state index contributed by atoms with van der Waals surface area (Å²) in [5, 5.41) is 7.01. The van der Waals surface area contributed by atoms with Crippen LogP contribution in [0.25, 0.3) is 32.8 Å². The van der Waals surface area contributed by atoms with Crippen molar-refractivity contribution in [3.63, 3.8) is 0 Å². The van der Waals surface area contributed by atoms with Crippen molar-refractivity contribution in [1.29, 1.82) is 0 Å². The number of hydrogen-bond donors (Lipinski definition) is 3. The Morgan fingerprint density at radius 1 is 1.11 bits per heavy atom. The van der Waals surface area contributed by atoms with Gasteiger partial charge in [0.1, 0.15) is 0 Å². The fourth-order valence-corrected chi connectivity index (χ4v) is 4.00. The second-order valence-electron chi connectivity index (χ2n) is 7.49. The monoisotopic (exact) mass is 375 g/mol. The minimum atomic E-state index is 0.460. The average Bonchev–Trinajstić information content (AvgIpc) is 3.10. The minimum absolute atomic E-state index is 0.460. The number of para-hydroxylation sites is 2. The van der Waals surface area contributed by atoms with Crippen LogP contribution in [0.15, 0.2) is 53.5 Å². The molecular weight excluding hydrogens is 346 g/mol. The van der Waals surface area contributed by atoms with Gasteiger partial charge in [0.25, 0.3) is 0 Å². The van der Waals surface area contributed by atoms with Crippen LogP contribution in [-0.4, -0.2) is 35.2 Å². The molecule has 5 heteroatoms. The Morgan fingerprint density at radius 3 is 2.68 bits per heavy atom. The Balaban J connectivity index is 1.76. The van der Waals surface area contributed by atoms with Crippen LogP contribution in [0.2, 0.25) is 0 Å². The molecule has 0 spiro atoms. The number of H-pyrrole nitrogens is 1. The number of aromatic amines is 1. The highest BCUT2D eigenvalue weighted by Gasteiger charge is 2.12. The summed E-state index contributed by atoms with van der Waals surface area (Å²) in [4.78, 5) is 8.64. The minimum Gasteiger partial charge on any atom is -0.351 e. The third-order valence-corrected chi connectivity index (χ3v) is 5.47. The molecule has 0 amide bonds. The number of nitrogens with zero attached hydrogens (tertiary/aromatic N) is 2. The quantitative estimate of drug-likeness (QED) is 0.433. The molecule has 0 radical (unpaired) electrons. The molecule has 2 aromatic heterocycles. The van der Waals surface area contributed by atoms with Gasteiger partial charge in [-0.3, -0.25) is 4.99 Å². The first-order chi connectivity index (χ1) is 13.7. The zero-order chi connectivity index (χ0) is 19.5. The summed E-state index contributed by atoms with van der Waals surface area (Å²) in [6.45, 7) is 4.66. The van der Waals surface area contributed by atoms with Crippen LogP contribution in [0.4, 0.5) is 0 Å². The number of benzene rings is 2. The van der Waals surface area contributed by atoms with Gasteiger partial charge in [0.2, 0.25) is 0 Å². The predicted molar refractivity (Wildman–Crippen MR) is 118 cm³/mol. The van der Waals surface area contributed by atoms with Crippen molar-refractivity contribution in [3.8, 4) is 0 Å². The molecule has 4 aromatic rings. The molecular formula is C23H29N5. The third-order valence-electron chi connectivity index (χ3n) is 5.47. The Kier molecular flexibility index (Phi) is 5.46. The lowest BCUT2D eigenvalue weighted by Gasteiger charge is -2.12. The van der Waals surface area contributed by atoms with E-state index in [0.29, 0.717) is 6.04 Å². The van der Waals surface area contributed by atoms with Crippen molar-refractivity contribution in [3.05, 3.63) is 53.9 Å². The maximum atomic E-state index is 5.62. The molecule has 28 heavy (non-hydrogen) atoms. The standard InChI is InChI=1S/C23H29N5/c1-16(12-13-24)25-14-7-15-26-21-18-9-4-6-11-20(18)28(2)23-17-8-3-5-10-19(17)27-22(21)23/h3-6,8-11,16,25,27H,7,12-15,24H2,1-2H3. The summed E-state index contributed by atoms with van der Waals surface area (Å²) < 4.78 is 2.28. The summed E-state index contributed by atoms with van der Waals surface area (Å²) in [6.07, 6.45) is 2.01. The number of pyridine rings is 1. The molecule has 146 valence electrons. The molecule has 0 saturated carbocycles. The van der Waals surface area contributed by atoms with E-state index in [1.54, 1.807) is 0 Å². The van der Waals surface area contributed by atoms with E-state index < -0.39 is 0 Å². The Hall–Kier alpha value is -2.63. The second-order valence-corrected chi connectivity index (χ2v) is 7.49. The number of rotatable bonds is 7. The topological polar surface area (TPSA) is 71.1 Å². The normalized spacial score (nSPS) is 13.8. The third kappa shape index (κ3) is 3.43. The van der Waals surface area contributed by atoms with Crippen LogP contribution in [0.3, 0.4) is 0 Å². The highest BCUT2D eigenvalue weighted by molar-refractivity contribution is 6.08. The van der Waals surface area contributed by atoms with Crippen molar-refractivity contribution in [1.82, 2.24) is 14.9 Å². The number of hydrogen-bond acceptors (Lipinski definition) is 3. The average molecular weight is 376 g/mol. The lowest BCUT2D eigenvalue weighted by molar-refractivity contribution is 0.513. The van der Waals surface area contributed by atoms with Crippen LogP contribution in [-0.2, 0) is 7.05 Å². The van der Waals surface area contributed by atoms with E-state index in [1.807, 2.05) is 0 Å². The van der Waals surface area contributed by atoms with Gasteiger partial charge < -0.3 is 20.6 Å². The zero-order valence-corrected chi connectivity index (χ0v) is 16.7. The largest absolute Gasteiger partial charge is 0.351 e. The molecule has 0 bridgehead atoms. The SMILES string of the molecule is CC(CCN)NCCCN=c1c2ccccc2n(C)c2c1[nH]c1ccccc12. The molecule has 0 saturated heterocycles. The van der Waals surface area contributed by atoms with Crippen molar-refractivity contribution < 1.29 is 0 Å². The molecule has 1 atom stereocenters. The van der Waals surface area contributed by atoms with E-state index in [-0.39, 0.29) is 0 Å². The predicted octanol–water partition coefficient (Wildman–Crippen LogP) is 3.43. The lowest BCUT2D eigenvalue weighted by atomic mass is 10.1. The van der Waals surface area contributed by atoms with Gasteiger partial charge in [-0.2, -0.15) is 0 Å². The van der Waals surface area contributed by atoms with E-state index in [9.17, 15) is 0 Å². The van der Waals surface area contributed by atoms with Crippen molar-refractivity contribution in [2.24, 2.45) is 17.8 Å². The molecule has 4 N–H and O–H groups in total. The van der Waals surface area contributed by atoms with Gasteiger partial charge in [-0.15, -0.1) is 0 Å². The molecule has 0 fully saturated rings. The summed E-state index contributed by atoms with van der Waals surface area (Å²) in [5.41, 5.74) is 10.3. The maximum Gasteiger partial charge on any atom is 0.0924 e. The molecule has 0 aliphatic heterocycles. The molecule has 5 nitrogen and oxygen atoms in total.